The Labute approximate surface area is 170 Å². The fourth-order valence-electron chi connectivity index (χ4n) is 3.14. The summed E-state index contributed by atoms with van der Waals surface area (Å²) in [6.45, 7) is 4.44. The monoisotopic (exact) mass is 422 g/mol. The molecule has 2 aromatic rings. The Balaban J connectivity index is 1.79. The summed E-state index contributed by atoms with van der Waals surface area (Å²) in [5.41, 5.74) is 0.704. The number of amides is 1. The van der Waals surface area contributed by atoms with Crippen molar-refractivity contribution in [1.82, 2.24) is 4.90 Å². The predicted molar refractivity (Wildman–Crippen MR) is 109 cm³/mol. The minimum Gasteiger partial charge on any atom is -0.381 e. The highest BCUT2D eigenvalue weighted by atomic mass is 35.5. The molecular weight excluding hydrogens is 400 g/mol. The highest BCUT2D eigenvalue weighted by Gasteiger charge is 2.23. The van der Waals surface area contributed by atoms with Gasteiger partial charge in [-0.1, -0.05) is 23.7 Å². The van der Waals surface area contributed by atoms with Gasteiger partial charge in [-0.25, -0.2) is 8.42 Å². The first-order chi connectivity index (χ1) is 13.4. The van der Waals surface area contributed by atoms with Crippen LogP contribution in [0.4, 0.5) is 5.69 Å². The minimum absolute atomic E-state index is 0.0265. The number of anilines is 1. The van der Waals surface area contributed by atoms with Gasteiger partial charge in [-0.15, -0.1) is 0 Å². The Morgan fingerprint density at radius 3 is 2.71 bits per heavy atom. The maximum atomic E-state index is 12.9. The summed E-state index contributed by atoms with van der Waals surface area (Å²) in [7, 11) is -3.84. The van der Waals surface area contributed by atoms with Gasteiger partial charge in [0.1, 0.15) is 0 Å². The zero-order valence-electron chi connectivity index (χ0n) is 15.6. The molecule has 1 aliphatic rings. The molecule has 1 heterocycles. The third-order valence-electron chi connectivity index (χ3n) is 4.64. The molecule has 8 heteroatoms. The first kappa shape index (κ1) is 20.6. The van der Waals surface area contributed by atoms with Gasteiger partial charge < -0.3 is 9.64 Å². The van der Waals surface area contributed by atoms with Crippen molar-refractivity contribution in [1.29, 1.82) is 0 Å². The van der Waals surface area contributed by atoms with Gasteiger partial charge in [-0.3, -0.25) is 9.52 Å². The topological polar surface area (TPSA) is 75.7 Å². The summed E-state index contributed by atoms with van der Waals surface area (Å²) >= 11 is 5.91. The van der Waals surface area contributed by atoms with E-state index in [1.54, 1.807) is 35.2 Å². The number of sulfonamides is 1. The van der Waals surface area contributed by atoms with Gasteiger partial charge in [-0.05, 0) is 49.7 Å². The molecule has 1 atom stereocenters. The van der Waals surface area contributed by atoms with Crippen molar-refractivity contribution in [3.8, 4) is 0 Å². The number of rotatable bonds is 7. The van der Waals surface area contributed by atoms with E-state index in [1.165, 1.54) is 18.2 Å². The molecular formula is C20H23ClN2O4S. The second-order valence-corrected chi connectivity index (χ2v) is 8.84. The van der Waals surface area contributed by atoms with Crippen LogP contribution < -0.4 is 4.72 Å². The molecule has 1 N–H and O–H groups in total. The summed E-state index contributed by atoms with van der Waals surface area (Å²) < 4.78 is 33.3. The number of nitrogens with zero attached hydrogens (tertiary/aromatic N) is 1. The molecule has 1 aliphatic heterocycles. The van der Waals surface area contributed by atoms with Crippen LogP contribution in [-0.2, 0) is 14.8 Å². The molecule has 0 aliphatic carbocycles. The van der Waals surface area contributed by atoms with Gasteiger partial charge in [0, 0.05) is 36.2 Å². The molecule has 150 valence electrons. The number of hydrogen-bond donors (Lipinski definition) is 1. The van der Waals surface area contributed by atoms with Crippen LogP contribution in [0.2, 0.25) is 5.02 Å². The summed E-state index contributed by atoms with van der Waals surface area (Å²) in [5.74, 6) is 0.134. The summed E-state index contributed by atoms with van der Waals surface area (Å²) in [6.07, 6.45) is 0.932. The average Bonchev–Trinajstić information content (AvgIpc) is 3.18. The Bertz CT molecular complexity index is 943. The number of carbonyl (C=O) groups is 1. The molecule has 0 saturated carbocycles. The van der Waals surface area contributed by atoms with Crippen LogP contribution in [0.5, 0.6) is 0 Å². The first-order valence-corrected chi connectivity index (χ1v) is 11.0. The standard InChI is InChI=1S/C20H23ClN2O4S/c1-2-23(13-15-9-10-27-14-15)20(24)16-5-3-8-19(11-16)28(25,26)22-18-7-4-6-17(21)12-18/h3-8,11-12,15,22H,2,9-10,13-14H2,1H3. The van der Waals surface area contributed by atoms with Crippen molar-refractivity contribution in [3.63, 3.8) is 0 Å². The SMILES string of the molecule is CCN(CC1CCOC1)C(=O)c1cccc(S(=O)(=O)Nc2cccc(Cl)c2)c1. The molecule has 1 unspecified atom stereocenters. The van der Waals surface area contributed by atoms with E-state index < -0.39 is 10.0 Å². The van der Waals surface area contributed by atoms with Gasteiger partial charge in [0.25, 0.3) is 15.9 Å². The minimum atomic E-state index is -3.84. The van der Waals surface area contributed by atoms with E-state index in [-0.39, 0.29) is 10.8 Å². The number of nitrogens with one attached hydrogen (secondary N) is 1. The van der Waals surface area contributed by atoms with E-state index in [0.29, 0.717) is 41.9 Å². The molecule has 6 nitrogen and oxygen atoms in total. The summed E-state index contributed by atoms with van der Waals surface area (Å²) in [5, 5.41) is 0.429. The van der Waals surface area contributed by atoms with Gasteiger partial charge in [0.2, 0.25) is 0 Å². The second kappa shape index (κ2) is 8.94. The Hall–Kier alpha value is -2.09. The zero-order chi connectivity index (χ0) is 20.1. The lowest BCUT2D eigenvalue weighted by Gasteiger charge is -2.24. The summed E-state index contributed by atoms with van der Waals surface area (Å²) in [4.78, 5) is 14.7. The maximum absolute atomic E-state index is 12.9. The fourth-order valence-corrected chi connectivity index (χ4v) is 4.42. The average molecular weight is 423 g/mol. The van der Waals surface area contributed by atoms with Crippen LogP contribution in [0.1, 0.15) is 23.7 Å². The molecule has 1 fully saturated rings. The number of carbonyl (C=O) groups excluding carboxylic acids is 1. The molecule has 28 heavy (non-hydrogen) atoms. The number of halogens is 1. The van der Waals surface area contributed by atoms with Crippen LogP contribution >= 0.6 is 11.6 Å². The Kier molecular flexibility index (Phi) is 6.59. The lowest BCUT2D eigenvalue weighted by molar-refractivity contribution is 0.0730. The molecule has 0 aromatic heterocycles. The van der Waals surface area contributed by atoms with Gasteiger partial charge in [0.15, 0.2) is 0 Å². The van der Waals surface area contributed by atoms with Crippen molar-refractivity contribution < 1.29 is 17.9 Å². The predicted octanol–water partition coefficient (Wildman–Crippen LogP) is 3.64. The highest BCUT2D eigenvalue weighted by Crippen LogP contribution is 2.21. The second-order valence-electron chi connectivity index (χ2n) is 6.72. The van der Waals surface area contributed by atoms with Crippen LogP contribution in [0, 0.1) is 5.92 Å². The Morgan fingerprint density at radius 1 is 1.25 bits per heavy atom. The molecule has 2 aromatic carbocycles. The van der Waals surface area contributed by atoms with E-state index in [9.17, 15) is 13.2 Å². The van der Waals surface area contributed by atoms with Crippen LogP contribution in [0.15, 0.2) is 53.4 Å². The number of benzene rings is 2. The maximum Gasteiger partial charge on any atom is 0.261 e. The van der Waals surface area contributed by atoms with Crippen LogP contribution in [0.3, 0.4) is 0 Å². The van der Waals surface area contributed by atoms with E-state index in [0.717, 1.165) is 13.0 Å². The van der Waals surface area contributed by atoms with Gasteiger partial charge in [-0.2, -0.15) is 0 Å². The largest absolute Gasteiger partial charge is 0.381 e. The van der Waals surface area contributed by atoms with Crippen molar-refractivity contribution in [3.05, 3.63) is 59.1 Å². The third kappa shape index (κ3) is 5.04. The molecule has 3 rings (SSSR count). The van der Waals surface area contributed by atoms with E-state index >= 15 is 0 Å². The molecule has 0 spiro atoms. The lowest BCUT2D eigenvalue weighted by Crippen LogP contribution is -2.35. The molecule has 0 radical (unpaired) electrons. The Morgan fingerprint density at radius 2 is 2.04 bits per heavy atom. The zero-order valence-corrected chi connectivity index (χ0v) is 17.2. The highest BCUT2D eigenvalue weighted by molar-refractivity contribution is 7.92. The van der Waals surface area contributed by atoms with Crippen molar-refractivity contribution >= 4 is 33.2 Å². The van der Waals surface area contributed by atoms with E-state index in [1.807, 2.05) is 6.92 Å². The number of ether oxygens (including phenoxy) is 1. The van der Waals surface area contributed by atoms with E-state index in [4.69, 9.17) is 16.3 Å². The third-order valence-corrected chi connectivity index (χ3v) is 6.25. The fraction of sp³-hybridized carbons (Fsp3) is 0.350. The normalized spacial score (nSPS) is 16.7. The molecule has 1 saturated heterocycles. The van der Waals surface area contributed by atoms with Crippen molar-refractivity contribution in [2.24, 2.45) is 5.92 Å². The quantitative estimate of drug-likeness (QED) is 0.739. The van der Waals surface area contributed by atoms with Crippen molar-refractivity contribution in [2.45, 2.75) is 18.2 Å². The first-order valence-electron chi connectivity index (χ1n) is 9.14. The van der Waals surface area contributed by atoms with E-state index in [2.05, 4.69) is 4.72 Å². The smallest absolute Gasteiger partial charge is 0.261 e. The lowest BCUT2D eigenvalue weighted by atomic mass is 10.1. The molecule has 0 bridgehead atoms. The van der Waals surface area contributed by atoms with Gasteiger partial charge in [0.05, 0.1) is 17.2 Å². The van der Waals surface area contributed by atoms with Crippen molar-refractivity contribution in [2.75, 3.05) is 31.0 Å². The molecule has 1 amide bonds. The van der Waals surface area contributed by atoms with Crippen LogP contribution in [0.25, 0.3) is 0 Å². The van der Waals surface area contributed by atoms with Gasteiger partial charge >= 0.3 is 0 Å². The summed E-state index contributed by atoms with van der Waals surface area (Å²) in [6, 6.07) is 12.5. The number of hydrogen-bond acceptors (Lipinski definition) is 4. The van der Waals surface area contributed by atoms with Crippen LogP contribution in [-0.4, -0.2) is 45.5 Å².